The van der Waals surface area contributed by atoms with Crippen molar-refractivity contribution in [1.82, 2.24) is 5.32 Å². The number of para-hydroxylation sites is 2. The summed E-state index contributed by atoms with van der Waals surface area (Å²) in [5.41, 5.74) is 6.85. The first-order valence-corrected chi connectivity index (χ1v) is 4.65. The molecule has 0 aliphatic carbocycles. The second-order valence-electron chi connectivity index (χ2n) is 2.99. The van der Waals surface area contributed by atoms with E-state index in [0.717, 1.165) is 0 Å². The number of hydrogen-bond donors (Lipinski definition) is 3. The molecule has 1 aromatic carbocycles. The normalized spacial score (nSPS) is 9.73. The zero-order chi connectivity index (χ0) is 11.3. The van der Waals surface area contributed by atoms with Gasteiger partial charge in [-0.1, -0.05) is 12.1 Å². The summed E-state index contributed by atoms with van der Waals surface area (Å²) in [4.78, 5) is 12.9. The van der Waals surface area contributed by atoms with Gasteiger partial charge in [-0.05, 0) is 12.1 Å². The van der Waals surface area contributed by atoms with Crippen LogP contribution in [0.1, 0.15) is 0 Å². The summed E-state index contributed by atoms with van der Waals surface area (Å²) in [6.45, 7) is 0.107. The Morgan fingerprint density at radius 2 is 2.20 bits per heavy atom. The molecule has 0 heterocycles. The molecule has 0 saturated carbocycles. The molecule has 4 N–H and O–H groups in total. The molecule has 1 rings (SSSR count). The maximum absolute atomic E-state index is 11.5. The highest BCUT2D eigenvalue weighted by Gasteiger charge is 2.15. The third-order valence-corrected chi connectivity index (χ3v) is 2.01. The second kappa shape index (κ2) is 5.21. The maximum Gasteiger partial charge on any atom is 0.321 e. The summed E-state index contributed by atoms with van der Waals surface area (Å²) in [5.74, 6) is 0. The number of carbonyl (C=O) groups is 1. The van der Waals surface area contributed by atoms with Crippen molar-refractivity contribution < 1.29 is 9.90 Å². The van der Waals surface area contributed by atoms with E-state index < -0.39 is 0 Å². The molecule has 15 heavy (non-hydrogen) atoms. The molecule has 2 amide bonds. The number of nitrogens with one attached hydrogen (secondary N) is 1. The first kappa shape index (κ1) is 11.3. The lowest BCUT2D eigenvalue weighted by molar-refractivity contribution is 0.243. The predicted octanol–water partition coefficient (Wildman–Crippen LogP) is 0.407. The van der Waals surface area contributed by atoms with E-state index in [1.54, 1.807) is 24.3 Å². The molecule has 0 fully saturated rings. The number of anilines is 2. The van der Waals surface area contributed by atoms with Gasteiger partial charge in [0.2, 0.25) is 0 Å². The molecule has 0 bridgehead atoms. The van der Waals surface area contributed by atoms with Crippen LogP contribution in [0.15, 0.2) is 24.3 Å². The Labute approximate surface area is 88.5 Å². The first-order valence-electron chi connectivity index (χ1n) is 4.65. The summed E-state index contributed by atoms with van der Waals surface area (Å²) in [5, 5.41) is 11.4. The van der Waals surface area contributed by atoms with Crippen LogP contribution < -0.4 is 16.0 Å². The van der Waals surface area contributed by atoms with Crippen LogP contribution in [-0.4, -0.2) is 31.3 Å². The molecule has 0 radical (unpaired) electrons. The summed E-state index contributed by atoms with van der Waals surface area (Å²) in [6, 6.07) is 6.74. The van der Waals surface area contributed by atoms with Crippen LogP contribution in [0.3, 0.4) is 0 Å². The molecule has 0 aliphatic heterocycles. The van der Waals surface area contributed by atoms with E-state index in [2.05, 4.69) is 5.32 Å². The second-order valence-corrected chi connectivity index (χ2v) is 2.99. The number of aliphatic hydroxyl groups is 1. The Morgan fingerprint density at radius 1 is 1.53 bits per heavy atom. The fourth-order valence-corrected chi connectivity index (χ4v) is 1.30. The van der Waals surface area contributed by atoms with Gasteiger partial charge in [0.05, 0.1) is 24.5 Å². The number of nitrogens with zero attached hydrogens (tertiary/aromatic N) is 1. The number of hydrogen-bond acceptors (Lipinski definition) is 3. The highest BCUT2D eigenvalue weighted by Crippen LogP contribution is 2.21. The highest BCUT2D eigenvalue weighted by molar-refractivity contribution is 5.94. The number of nitrogens with two attached hydrogens (primary N) is 1. The first-order chi connectivity index (χ1) is 7.20. The monoisotopic (exact) mass is 209 g/mol. The summed E-state index contributed by atoms with van der Waals surface area (Å²) in [6.07, 6.45) is 0. The van der Waals surface area contributed by atoms with Gasteiger partial charge in [0.25, 0.3) is 0 Å². The average molecular weight is 209 g/mol. The lowest BCUT2D eigenvalue weighted by Gasteiger charge is -2.22. The fourth-order valence-electron chi connectivity index (χ4n) is 1.30. The predicted molar refractivity (Wildman–Crippen MR) is 59.7 cm³/mol. The van der Waals surface area contributed by atoms with Crippen LogP contribution >= 0.6 is 0 Å². The van der Waals surface area contributed by atoms with Crippen LogP contribution in [0, 0.1) is 0 Å². The fraction of sp³-hybridized carbons (Fsp3) is 0.300. The standard InChI is InChI=1S/C10H15N3O2/c1-12-10(15)13(6-7-14)9-5-3-2-4-8(9)11/h2-5,14H,6-7,11H2,1H3,(H,12,15). The van der Waals surface area contributed by atoms with Gasteiger partial charge in [0, 0.05) is 7.05 Å². The molecule has 5 heteroatoms. The third-order valence-electron chi connectivity index (χ3n) is 2.01. The Balaban J connectivity index is 2.98. The van der Waals surface area contributed by atoms with Crippen LogP contribution in [0.2, 0.25) is 0 Å². The molecule has 5 nitrogen and oxygen atoms in total. The SMILES string of the molecule is CNC(=O)N(CCO)c1ccccc1N. The van der Waals surface area contributed by atoms with E-state index in [9.17, 15) is 4.79 Å². The highest BCUT2D eigenvalue weighted by atomic mass is 16.3. The van der Waals surface area contributed by atoms with Crippen LogP contribution in [0.25, 0.3) is 0 Å². The largest absolute Gasteiger partial charge is 0.397 e. The van der Waals surface area contributed by atoms with Gasteiger partial charge in [0.1, 0.15) is 0 Å². The molecular formula is C10H15N3O2. The zero-order valence-electron chi connectivity index (χ0n) is 8.60. The molecule has 0 atom stereocenters. The Bertz CT molecular complexity index is 341. The van der Waals surface area contributed by atoms with Gasteiger partial charge in [-0.25, -0.2) is 4.79 Å². The minimum absolute atomic E-state index is 0.109. The number of amides is 2. The third kappa shape index (κ3) is 2.60. The van der Waals surface area contributed by atoms with Crippen molar-refractivity contribution in [1.29, 1.82) is 0 Å². The van der Waals surface area contributed by atoms with Crippen molar-refractivity contribution in [3.63, 3.8) is 0 Å². The summed E-state index contributed by atoms with van der Waals surface area (Å²) in [7, 11) is 1.53. The van der Waals surface area contributed by atoms with Crippen molar-refractivity contribution in [3.05, 3.63) is 24.3 Å². The van der Waals surface area contributed by atoms with Gasteiger partial charge in [-0.15, -0.1) is 0 Å². The molecule has 82 valence electrons. The Hall–Kier alpha value is -1.75. The van der Waals surface area contributed by atoms with E-state index in [4.69, 9.17) is 10.8 Å². The smallest absolute Gasteiger partial charge is 0.321 e. The van der Waals surface area contributed by atoms with Crippen molar-refractivity contribution in [2.45, 2.75) is 0 Å². The lowest BCUT2D eigenvalue weighted by Crippen LogP contribution is -2.40. The lowest BCUT2D eigenvalue weighted by atomic mass is 10.2. The topological polar surface area (TPSA) is 78.6 Å². The Morgan fingerprint density at radius 3 is 2.73 bits per heavy atom. The van der Waals surface area contributed by atoms with E-state index in [1.165, 1.54) is 11.9 Å². The number of rotatable bonds is 3. The number of aliphatic hydroxyl groups excluding tert-OH is 1. The molecule has 0 aromatic heterocycles. The zero-order valence-corrected chi connectivity index (χ0v) is 8.60. The van der Waals surface area contributed by atoms with Gasteiger partial charge < -0.3 is 16.2 Å². The summed E-state index contributed by atoms with van der Waals surface area (Å²) >= 11 is 0. The number of nitrogen functional groups attached to an aromatic ring is 1. The van der Waals surface area contributed by atoms with Gasteiger partial charge in [0.15, 0.2) is 0 Å². The molecular weight excluding hydrogens is 194 g/mol. The molecule has 1 aromatic rings. The van der Waals surface area contributed by atoms with Crippen LogP contribution in [0.4, 0.5) is 16.2 Å². The van der Waals surface area contributed by atoms with Crippen LogP contribution in [-0.2, 0) is 0 Å². The number of benzene rings is 1. The quantitative estimate of drug-likeness (QED) is 0.631. The minimum atomic E-state index is -0.290. The minimum Gasteiger partial charge on any atom is -0.397 e. The molecule has 0 aliphatic rings. The van der Waals surface area contributed by atoms with E-state index in [0.29, 0.717) is 11.4 Å². The number of carbonyl (C=O) groups excluding carboxylic acids is 1. The maximum atomic E-state index is 11.5. The molecule has 0 spiro atoms. The molecule has 0 unspecified atom stereocenters. The average Bonchev–Trinajstić information content (AvgIpc) is 2.26. The Kier molecular flexibility index (Phi) is 3.93. The van der Waals surface area contributed by atoms with Crippen molar-refractivity contribution in [2.75, 3.05) is 30.8 Å². The van der Waals surface area contributed by atoms with Crippen LogP contribution in [0.5, 0.6) is 0 Å². The molecule has 0 saturated heterocycles. The van der Waals surface area contributed by atoms with E-state index in [-0.39, 0.29) is 19.2 Å². The van der Waals surface area contributed by atoms with E-state index in [1.807, 2.05) is 0 Å². The van der Waals surface area contributed by atoms with Crippen molar-refractivity contribution in [3.8, 4) is 0 Å². The number of urea groups is 1. The van der Waals surface area contributed by atoms with Gasteiger partial charge >= 0.3 is 6.03 Å². The van der Waals surface area contributed by atoms with Crippen molar-refractivity contribution >= 4 is 17.4 Å². The van der Waals surface area contributed by atoms with Crippen molar-refractivity contribution in [2.24, 2.45) is 0 Å². The summed E-state index contributed by atoms with van der Waals surface area (Å²) < 4.78 is 0. The van der Waals surface area contributed by atoms with Gasteiger partial charge in [-0.2, -0.15) is 0 Å². The van der Waals surface area contributed by atoms with E-state index >= 15 is 0 Å². The van der Waals surface area contributed by atoms with Gasteiger partial charge in [-0.3, -0.25) is 4.90 Å².